The van der Waals surface area contributed by atoms with Gasteiger partial charge in [-0.25, -0.2) is 14.4 Å². The first-order valence-corrected chi connectivity index (χ1v) is 12.0. The summed E-state index contributed by atoms with van der Waals surface area (Å²) in [5.74, 6) is 1.50. The molecule has 1 aliphatic heterocycles. The first-order chi connectivity index (χ1) is 16.6. The monoisotopic (exact) mass is 472 g/mol. The zero-order valence-electron chi connectivity index (χ0n) is 18.3. The minimum absolute atomic E-state index is 0.273. The largest absolute Gasteiger partial charge is 0.386 e. The Morgan fingerprint density at radius 1 is 1.15 bits per heavy atom. The quantitative estimate of drug-likeness (QED) is 0.339. The first kappa shape index (κ1) is 19.9. The zero-order valence-corrected chi connectivity index (χ0v) is 19.1. The van der Waals surface area contributed by atoms with E-state index in [1.54, 1.807) is 19.3 Å². The van der Waals surface area contributed by atoms with Crippen LogP contribution in [0.1, 0.15) is 0 Å². The van der Waals surface area contributed by atoms with Gasteiger partial charge >= 0.3 is 0 Å². The Bertz CT molecular complexity index is 1590. The number of halogens is 1. The Morgan fingerprint density at radius 2 is 2.00 bits per heavy atom. The second-order valence-electron chi connectivity index (χ2n) is 8.93. The molecular formula is C24H21FN8S. The second kappa shape index (κ2) is 7.25. The van der Waals surface area contributed by atoms with Crippen LogP contribution in [0.5, 0.6) is 0 Å². The topological polar surface area (TPSA) is 109 Å². The van der Waals surface area contributed by atoms with Gasteiger partial charge < -0.3 is 20.9 Å². The van der Waals surface area contributed by atoms with Crippen LogP contribution in [0.25, 0.3) is 33.0 Å². The van der Waals surface area contributed by atoms with Gasteiger partial charge in [-0.05, 0) is 53.9 Å². The van der Waals surface area contributed by atoms with Gasteiger partial charge in [0, 0.05) is 48.9 Å². The van der Waals surface area contributed by atoms with E-state index >= 15 is 0 Å². The van der Waals surface area contributed by atoms with Gasteiger partial charge in [0.15, 0.2) is 5.16 Å². The number of aromatic amines is 1. The average Bonchev–Trinajstić information content (AvgIpc) is 3.19. The van der Waals surface area contributed by atoms with Crippen molar-refractivity contribution in [1.29, 1.82) is 0 Å². The van der Waals surface area contributed by atoms with E-state index < -0.39 is 0 Å². The van der Waals surface area contributed by atoms with Crippen LogP contribution in [0.4, 0.5) is 15.9 Å². The van der Waals surface area contributed by atoms with Crippen LogP contribution < -0.4 is 16.0 Å². The SMILES string of the molecule is CNc1cc(F)cc2c1[nH]c1nc(Sc3cnc4cccnc4c3)nc(N3C[C@@H]4[C@@H](N)[C@@H]4C3)c12. The van der Waals surface area contributed by atoms with Gasteiger partial charge in [-0.1, -0.05) is 0 Å². The number of hydrogen-bond donors (Lipinski definition) is 3. The summed E-state index contributed by atoms with van der Waals surface area (Å²) < 4.78 is 14.5. The van der Waals surface area contributed by atoms with Crippen molar-refractivity contribution in [1.82, 2.24) is 24.9 Å². The Kier molecular flexibility index (Phi) is 4.25. The standard InChI is InChI=1S/C24H21FN8S/c1-27-18-6-11(25)5-13-19-22(30-21(13)18)31-24(32-23(19)33-9-14-15(10-33)20(14)26)34-12-7-17-16(29-8-12)3-2-4-28-17/h2-8,14-15,20,27H,9-10,26H2,1H3,(H,30,31,32)/t14-,15+,20+. The minimum atomic E-state index is -0.303. The molecule has 34 heavy (non-hydrogen) atoms. The molecule has 4 N–H and O–H groups in total. The number of piperidine rings is 1. The third kappa shape index (κ3) is 3.02. The predicted octanol–water partition coefficient (Wildman–Crippen LogP) is 3.78. The summed E-state index contributed by atoms with van der Waals surface area (Å²) in [6.45, 7) is 1.70. The molecule has 0 amide bonds. The van der Waals surface area contributed by atoms with Gasteiger partial charge in [0.25, 0.3) is 0 Å². The molecular weight excluding hydrogens is 451 g/mol. The van der Waals surface area contributed by atoms with Crippen LogP contribution in [0.15, 0.2) is 52.8 Å². The molecule has 5 heterocycles. The summed E-state index contributed by atoms with van der Waals surface area (Å²) in [7, 11) is 1.78. The van der Waals surface area contributed by atoms with E-state index in [0.717, 1.165) is 51.1 Å². The smallest absolute Gasteiger partial charge is 0.196 e. The van der Waals surface area contributed by atoms with Gasteiger partial charge in [0.2, 0.25) is 0 Å². The molecule has 1 saturated carbocycles. The molecule has 0 radical (unpaired) electrons. The van der Waals surface area contributed by atoms with E-state index in [0.29, 0.717) is 28.3 Å². The first-order valence-electron chi connectivity index (χ1n) is 11.2. The third-order valence-electron chi connectivity index (χ3n) is 6.95. The van der Waals surface area contributed by atoms with Crippen molar-refractivity contribution in [3.63, 3.8) is 0 Å². The van der Waals surface area contributed by atoms with Crippen LogP contribution in [0.3, 0.4) is 0 Å². The molecule has 3 atom stereocenters. The lowest BCUT2D eigenvalue weighted by Crippen LogP contribution is -2.29. The number of pyridine rings is 2. The fraction of sp³-hybridized carbons (Fsp3) is 0.250. The van der Waals surface area contributed by atoms with Gasteiger partial charge in [-0.3, -0.25) is 9.97 Å². The number of hydrogen-bond acceptors (Lipinski definition) is 8. The normalized spacial score (nSPS) is 21.5. The molecule has 5 aromatic rings. The fourth-order valence-corrected chi connectivity index (χ4v) is 5.89. The minimum Gasteiger partial charge on any atom is -0.386 e. The molecule has 8 nitrogen and oxygen atoms in total. The summed E-state index contributed by atoms with van der Waals surface area (Å²) in [6.07, 6.45) is 3.57. The highest BCUT2D eigenvalue weighted by Crippen LogP contribution is 2.47. The Balaban J connectivity index is 1.39. The highest BCUT2D eigenvalue weighted by atomic mass is 32.2. The number of fused-ring (bicyclic) bond motifs is 5. The zero-order chi connectivity index (χ0) is 23.0. The molecule has 1 saturated heterocycles. The van der Waals surface area contributed by atoms with Crippen LogP contribution in [-0.4, -0.2) is 51.1 Å². The molecule has 10 heteroatoms. The molecule has 2 fully saturated rings. The number of H-pyrrole nitrogens is 1. The number of anilines is 2. The highest BCUT2D eigenvalue weighted by Gasteiger charge is 2.54. The summed E-state index contributed by atoms with van der Waals surface area (Å²) in [4.78, 5) is 25.3. The maximum atomic E-state index is 14.5. The molecule has 2 aliphatic rings. The Morgan fingerprint density at radius 3 is 2.82 bits per heavy atom. The lowest BCUT2D eigenvalue weighted by molar-refractivity contribution is 0.630. The van der Waals surface area contributed by atoms with E-state index in [1.165, 1.54) is 17.8 Å². The van der Waals surface area contributed by atoms with E-state index in [-0.39, 0.29) is 11.9 Å². The van der Waals surface area contributed by atoms with Crippen molar-refractivity contribution in [2.75, 3.05) is 30.4 Å². The van der Waals surface area contributed by atoms with Crippen molar-refractivity contribution in [2.24, 2.45) is 17.6 Å². The van der Waals surface area contributed by atoms with Gasteiger partial charge in [-0.15, -0.1) is 0 Å². The molecule has 170 valence electrons. The maximum Gasteiger partial charge on any atom is 0.196 e. The van der Waals surface area contributed by atoms with Gasteiger partial charge in [-0.2, -0.15) is 0 Å². The lowest BCUT2D eigenvalue weighted by atomic mass is 10.1. The molecule has 1 aromatic carbocycles. The predicted molar refractivity (Wildman–Crippen MR) is 132 cm³/mol. The van der Waals surface area contributed by atoms with Crippen molar-refractivity contribution in [2.45, 2.75) is 16.1 Å². The number of benzene rings is 1. The number of aromatic nitrogens is 5. The van der Waals surface area contributed by atoms with Crippen molar-refractivity contribution < 1.29 is 4.39 Å². The van der Waals surface area contributed by atoms with Crippen molar-refractivity contribution in [3.8, 4) is 0 Å². The van der Waals surface area contributed by atoms with Crippen LogP contribution >= 0.6 is 11.8 Å². The summed E-state index contributed by atoms with van der Waals surface area (Å²) >= 11 is 1.44. The molecule has 0 bridgehead atoms. The Labute approximate surface area is 198 Å². The van der Waals surface area contributed by atoms with Crippen LogP contribution in [-0.2, 0) is 0 Å². The fourth-order valence-electron chi connectivity index (χ4n) is 5.14. The molecule has 1 aliphatic carbocycles. The van der Waals surface area contributed by atoms with E-state index in [2.05, 4.69) is 25.2 Å². The summed E-state index contributed by atoms with van der Waals surface area (Å²) in [5.41, 5.74) is 10.0. The molecule has 7 rings (SSSR count). The average molecular weight is 473 g/mol. The number of nitrogens with one attached hydrogen (secondary N) is 2. The van der Waals surface area contributed by atoms with Crippen molar-refractivity contribution >= 4 is 56.2 Å². The maximum absolute atomic E-state index is 14.5. The van der Waals surface area contributed by atoms with Gasteiger partial charge in [0.1, 0.15) is 17.3 Å². The second-order valence-corrected chi connectivity index (χ2v) is 9.97. The number of nitrogens with zero attached hydrogens (tertiary/aromatic N) is 5. The lowest BCUT2D eigenvalue weighted by Gasteiger charge is -2.21. The van der Waals surface area contributed by atoms with Crippen LogP contribution in [0.2, 0.25) is 0 Å². The molecule has 4 aromatic heterocycles. The van der Waals surface area contributed by atoms with Crippen molar-refractivity contribution in [3.05, 3.63) is 48.5 Å². The van der Waals surface area contributed by atoms with Crippen LogP contribution in [0, 0.1) is 17.7 Å². The number of nitrogens with two attached hydrogens (primary N) is 1. The summed E-state index contributed by atoms with van der Waals surface area (Å²) in [6, 6.07) is 9.10. The van der Waals surface area contributed by atoms with E-state index in [9.17, 15) is 4.39 Å². The molecule has 0 spiro atoms. The highest BCUT2D eigenvalue weighted by molar-refractivity contribution is 7.99. The van der Waals surface area contributed by atoms with E-state index in [4.69, 9.17) is 15.7 Å². The third-order valence-corrected chi connectivity index (χ3v) is 7.77. The Hall–Kier alpha value is -3.50. The van der Waals surface area contributed by atoms with E-state index in [1.807, 2.05) is 24.4 Å². The molecule has 0 unspecified atom stereocenters. The summed E-state index contributed by atoms with van der Waals surface area (Å²) in [5, 5.41) is 5.29. The van der Waals surface area contributed by atoms with Gasteiger partial charge in [0.05, 0.1) is 27.6 Å². The number of rotatable bonds is 4.